The lowest BCUT2D eigenvalue weighted by Gasteiger charge is -2.13. The van der Waals surface area contributed by atoms with Gasteiger partial charge in [-0.1, -0.05) is 44.2 Å². The summed E-state index contributed by atoms with van der Waals surface area (Å²) >= 11 is 1.51. The SMILES string of the molecule is Cc1cccc(-c2nn3c(C(C)(C)C)nnc3s2)c1N. The van der Waals surface area contributed by atoms with Crippen LogP contribution in [-0.4, -0.2) is 19.8 Å². The lowest BCUT2D eigenvalue weighted by atomic mass is 9.96. The molecule has 2 N–H and O–H groups in total. The van der Waals surface area contributed by atoms with Crippen molar-refractivity contribution in [3.8, 4) is 10.6 Å². The van der Waals surface area contributed by atoms with Gasteiger partial charge in [0, 0.05) is 16.7 Å². The molecule has 0 unspecified atom stereocenters. The van der Waals surface area contributed by atoms with Crippen LogP contribution in [0.2, 0.25) is 0 Å². The predicted octanol–water partition coefficient (Wildman–Crippen LogP) is 3.04. The van der Waals surface area contributed by atoms with Gasteiger partial charge >= 0.3 is 0 Å². The molecule has 0 bridgehead atoms. The summed E-state index contributed by atoms with van der Waals surface area (Å²) in [6, 6.07) is 5.98. The van der Waals surface area contributed by atoms with E-state index in [0.717, 1.165) is 32.6 Å². The molecule has 0 aliphatic heterocycles. The third-order valence-electron chi connectivity index (χ3n) is 3.22. The first-order chi connectivity index (χ1) is 9.38. The van der Waals surface area contributed by atoms with E-state index >= 15 is 0 Å². The number of benzene rings is 1. The Morgan fingerprint density at radius 2 is 1.95 bits per heavy atom. The summed E-state index contributed by atoms with van der Waals surface area (Å²) in [6.45, 7) is 8.30. The van der Waals surface area contributed by atoms with E-state index in [-0.39, 0.29) is 5.41 Å². The van der Waals surface area contributed by atoms with E-state index < -0.39 is 0 Å². The molecule has 2 aromatic heterocycles. The van der Waals surface area contributed by atoms with Gasteiger partial charge in [0.2, 0.25) is 4.96 Å². The Hall–Kier alpha value is -1.95. The van der Waals surface area contributed by atoms with E-state index in [2.05, 4.69) is 36.1 Å². The molecule has 0 saturated carbocycles. The molecule has 3 aromatic rings. The highest BCUT2D eigenvalue weighted by molar-refractivity contribution is 7.19. The summed E-state index contributed by atoms with van der Waals surface area (Å²) < 4.78 is 1.82. The Morgan fingerprint density at radius 3 is 2.65 bits per heavy atom. The van der Waals surface area contributed by atoms with Crippen molar-refractivity contribution in [1.82, 2.24) is 19.8 Å². The molecule has 0 aliphatic carbocycles. The van der Waals surface area contributed by atoms with E-state index in [4.69, 9.17) is 5.73 Å². The molecule has 3 rings (SSSR count). The second-order valence-corrected chi connectivity index (χ2v) is 6.87. The zero-order valence-corrected chi connectivity index (χ0v) is 12.8. The van der Waals surface area contributed by atoms with Crippen LogP contribution in [0.25, 0.3) is 15.5 Å². The maximum atomic E-state index is 6.15. The van der Waals surface area contributed by atoms with Crippen LogP contribution in [0.5, 0.6) is 0 Å². The lowest BCUT2D eigenvalue weighted by molar-refractivity contribution is 0.528. The molecule has 1 aromatic carbocycles. The zero-order chi connectivity index (χ0) is 14.5. The molecular weight excluding hydrogens is 270 g/mol. The minimum Gasteiger partial charge on any atom is -0.398 e. The number of nitrogen functional groups attached to an aromatic ring is 1. The van der Waals surface area contributed by atoms with E-state index in [1.807, 2.05) is 29.6 Å². The molecular formula is C14H17N5S. The van der Waals surface area contributed by atoms with Crippen LogP contribution in [0.15, 0.2) is 18.2 Å². The van der Waals surface area contributed by atoms with E-state index in [1.54, 1.807) is 0 Å². The molecule has 20 heavy (non-hydrogen) atoms. The van der Waals surface area contributed by atoms with Crippen molar-refractivity contribution in [2.24, 2.45) is 0 Å². The Kier molecular flexibility index (Phi) is 2.79. The quantitative estimate of drug-likeness (QED) is 0.698. The molecule has 6 heteroatoms. The molecule has 0 aliphatic rings. The van der Waals surface area contributed by atoms with Crippen molar-refractivity contribution in [3.63, 3.8) is 0 Å². The summed E-state index contributed by atoms with van der Waals surface area (Å²) in [6.07, 6.45) is 0. The second kappa shape index (κ2) is 4.28. The van der Waals surface area contributed by atoms with Crippen LogP contribution >= 0.6 is 11.3 Å². The first kappa shape index (κ1) is 13.1. The van der Waals surface area contributed by atoms with Crippen molar-refractivity contribution in [2.45, 2.75) is 33.1 Å². The molecule has 2 heterocycles. The third-order valence-corrected chi connectivity index (χ3v) is 4.15. The lowest BCUT2D eigenvalue weighted by Crippen LogP contribution is -2.16. The van der Waals surface area contributed by atoms with Crippen LogP contribution < -0.4 is 5.73 Å². The molecule has 0 fully saturated rings. The fourth-order valence-electron chi connectivity index (χ4n) is 2.06. The number of nitrogens with two attached hydrogens (primary N) is 1. The fourth-order valence-corrected chi connectivity index (χ4v) is 2.94. The molecule has 0 spiro atoms. The molecule has 0 radical (unpaired) electrons. The summed E-state index contributed by atoms with van der Waals surface area (Å²) in [5.41, 5.74) is 8.85. The number of aromatic nitrogens is 4. The normalized spacial score (nSPS) is 12.2. The van der Waals surface area contributed by atoms with Crippen molar-refractivity contribution in [2.75, 3.05) is 5.73 Å². The van der Waals surface area contributed by atoms with Crippen LogP contribution in [0, 0.1) is 6.92 Å². The third kappa shape index (κ3) is 1.96. The van der Waals surface area contributed by atoms with Gasteiger partial charge in [0.15, 0.2) is 5.82 Å². The number of hydrogen-bond donors (Lipinski definition) is 1. The Balaban J connectivity index is 2.19. The van der Waals surface area contributed by atoms with E-state index in [0.29, 0.717) is 0 Å². The molecule has 0 amide bonds. The summed E-state index contributed by atoms with van der Waals surface area (Å²) in [5, 5.41) is 14.0. The zero-order valence-electron chi connectivity index (χ0n) is 12.0. The monoisotopic (exact) mass is 287 g/mol. The maximum absolute atomic E-state index is 6.15. The Bertz CT molecular complexity index is 779. The van der Waals surface area contributed by atoms with Crippen molar-refractivity contribution < 1.29 is 0 Å². The topological polar surface area (TPSA) is 69.1 Å². The van der Waals surface area contributed by atoms with Gasteiger partial charge < -0.3 is 5.73 Å². The maximum Gasteiger partial charge on any atom is 0.235 e. The van der Waals surface area contributed by atoms with Gasteiger partial charge in [-0.3, -0.25) is 0 Å². The van der Waals surface area contributed by atoms with Gasteiger partial charge in [-0.25, -0.2) is 0 Å². The number of hydrogen-bond acceptors (Lipinski definition) is 5. The summed E-state index contributed by atoms with van der Waals surface area (Å²) in [5.74, 6) is 0.862. The van der Waals surface area contributed by atoms with Crippen molar-refractivity contribution in [3.05, 3.63) is 29.6 Å². The predicted molar refractivity (Wildman–Crippen MR) is 81.9 cm³/mol. The molecule has 0 saturated heterocycles. The largest absolute Gasteiger partial charge is 0.398 e. The number of rotatable bonds is 1. The number of anilines is 1. The highest BCUT2D eigenvalue weighted by Crippen LogP contribution is 2.32. The second-order valence-electron chi connectivity index (χ2n) is 5.91. The van der Waals surface area contributed by atoms with Gasteiger partial charge in [-0.05, 0) is 18.6 Å². The van der Waals surface area contributed by atoms with Gasteiger partial charge in [0.25, 0.3) is 0 Å². The van der Waals surface area contributed by atoms with Crippen molar-refractivity contribution >= 4 is 22.0 Å². The average molecular weight is 287 g/mol. The first-order valence-corrected chi connectivity index (χ1v) is 7.28. The van der Waals surface area contributed by atoms with Crippen LogP contribution in [0.1, 0.15) is 32.2 Å². The van der Waals surface area contributed by atoms with Gasteiger partial charge in [0.05, 0.1) is 0 Å². The van der Waals surface area contributed by atoms with Gasteiger partial charge in [-0.15, -0.1) is 10.2 Å². The minimum atomic E-state index is -0.0943. The van der Waals surface area contributed by atoms with Gasteiger partial charge in [-0.2, -0.15) is 9.61 Å². The number of aryl methyl sites for hydroxylation is 1. The summed E-state index contributed by atoms with van der Waals surface area (Å²) in [4.78, 5) is 0.797. The van der Waals surface area contributed by atoms with Crippen LogP contribution in [0.4, 0.5) is 5.69 Å². The minimum absolute atomic E-state index is 0.0943. The Labute approximate surface area is 121 Å². The van der Waals surface area contributed by atoms with Crippen LogP contribution in [-0.2, 0) is 5.41 Å². The number of nitrogens with zero attached hydrogens (tertiary/aromatic N) is 4. The standard InChI is InChI=1S/C14H17N5S/c1-8-6-5-7-9(10(8)15)11-18-19-12(14(2,3)4)16-17-13(19)20-11/h5-7H,15H2,1-4H3. The average Bonchev–Trinajstić information content (AvgIpc) is 2.90. The molecule has 104 valence electrons. The summed E-state index contributed by atoms with van der Waals surface area (Å²) in [7, 11) is 0. The smallest absolute Gasteiger partial charge is 0.235 e. The molecule has 0 atom stereocenters. The molecule has 5 nitrogen and oxygen atoms in total. The van der Waals surface area contributed by atoms with Gasteiger partial charge in [0.1, 0.15) is 5.01 Å². The number of para-hydroxylation sites is 1. The van der Waals surface area contributed by atoms with E-state index in [1.165, 1.54) is 11.3 Å². The fraction of sp³-hybridized carbons (Fsp3) is 0.357. The highest BCUT2D eigenvalue weighted by atomic mass is 32.1. The van der Waals surface area contributed by atoms with Crippen LogP contribution in [0.3, 0.4) is 0 Å². The van der Waals surface area contributed by atoms with Crippen molar-refractivity contribution in [1.29, 1.82) is 0 Å². The van der Waals surface area contributed by atoms with E-state index in [9.17, 15) is 0 Å². The first-order valence-electron chi connectivity index (χ1n) is 6.46. The number of fused-ring (bicyclic) bond motifs is 1. The Morgan fingerprint density at radius 1 is 1.20 bits per heavy atom. The highest BCUT2D eigenvalue weighted by Gasteiger charge is 2.23.